The number of likely N-dealkylation sites (tertiary alicyclic amines) is 1. The third-order valence-electron chi connectivity index (χ3n) is 5.41. The monoisotopic (exact) mass is 365 g/mol. The number of benzene rings is 2. The fourth-order valence-electron chi connectivity index (χ4n) is 3.94. The molecule has 0 spiro atoms. The van der Waals surface area contributed by atoms with Crippen molar-refractivity contribution >= 4 is 6.03 Å². The zero-order valence-electron chi connectivity index (χ0n) is 15.6. The maximum Gasteiger partial charge on any atom is 0.315 e. The number of carbonyl (C=O) groups excluding carboxylic acids is 1. The molecule has 0 bridgehead atoms. The van der Waals surface area contributed by atoms with Gasteiger partial charge in [-0.3, -0.25) is 4.90 Å². The molecule has 0 radical (unpaired) electrons. The Labute approximate surface area is 160 Å². The predicted molar refractivity (Wildman–Crippen MR) is 106 cm³/mol. The topological polar surface area (TPSA) is 53.6 Å². The molecule has 0 aromatic heterocycles. The van der Waals surface area contributed by atoms with E-state index in [2.05, 4.69) is 33.7 Å². The number of urea groups is 1. The summed E-state index contributed by atoms with van der Waals surface area (Å²) in [5, 5.41) is 6.13. The van der Waals surface area contributed by atoms with Gasteiger partial charge in [-0.25, -0.2) is 4.79 Å². The van der Waals surface area contributed by atoms with E-state index in [-0.39, 0.29) is 12.1 Å². The molecule has 2 aliphatic heterocycles. The van der Waals surface area contributed by atoms with Gasteiger partial charge in [-0.2, -0.15) is 0 Å². The van der Waals surface area contributed by atoms with E-state index in [0.29, 0.717) is 13.2 Å². The van der Waals surface area contributed by atoms with Crippen LogP contribution >= 0.6 is 0 Å². The second-order valence-corrected chi connectivity index (χ2v) is 7.31. The average Bonchev–Trinajstić information content (AvgIpc) is 3.21. The minimum absolute atomic E-state index is 0.00482. The molecule has 0 saturated carbocycles. The van der Waals surface area contributed by atoms with Crippen molar-refractivity contribution < 1.29 is 9.53 Å². The zero-order chi connectivity index (χ0) is 18.5. The molecule has 1 fully saturated rings. The summed E-state index contributed by atoms with van der Waals surface area (Å²) in [6, 6.07) is 16.2. The van der Waals surface area contributed by atoms with Gasteiger partial charge < -0.3 is 15.4 Å². The van der Waals surface area contributed by atoms with Crippen molar-refractivity contribution in [2.24, 2.45) is 0 Å². The van der Waals surface area contributed by atoms with Gasteiger partial charge in [0.15, 0.2) is 0 Å². The lowest BCUT2D eigenvalue weighted by molar-refractivity contribution is 0.223. The van der Waals surface area contributed by atoms with Crippen molar-refractivity contribution in [2.45, 2.75) is 38.4 Å². The summed E-state index contributed by atoms with van der Waals surface area (Å²) in [5.74, 6) is 0.866. The highest BCUT2D eigenvalue weighted by Gasteiger charge is 2.22. The van der Waals surface area contributed by atoms with E-state index in [1.807, 2.05) is 30.3 Å². The van der Waals surface area contributed by atoms with Gasteiger partial charge in [0.25, 0.3) is 0 Å². The Bertz CT molecular complexity index is 787. The zero-order valence-corrected chi connectivity index (χ0v) is 15.6. The first kappa shape index (κ1) is 17.9. The molecule has 5 heteroatoms. The van der Waals surface area contributed by atoms with E-state index < -0.39 is 0 Å². The first-order valence-corrected chi connectivity index (χ1v) is 9.85. The number of nitrogens with one attached hydrogen (secondary N) is 2. The summed E-state index contributed by atoms with van der Waals surface area (Å²) in [4.78, 5) is 15.0. The summed E-state index contributed by atoms with van der Waals surface area (Å²) in [5.41, 5.74) is 3.54. The maximum absolute atomic E-state index is 12.5. The number of ether oxygens (including phenoxy) is 1. The normalized spacial score (nSPS) is 19.2. The number of amides is 2. The highest BCUT2D eigenvalue weighted by Crippen LogP contribution is 2.31. The van der Waals surface area contributed by atoms with Crippen LogP contribution in [-0.4, -0.2) is 30.6 Å². The first-order chi connectivity index (χ1) is 13.3. The fraction of sp³-hybridized carbons (Fsp3) is 0.409. The largest absolute Gasteiger partial charge is 0.493 e. The Balaban J connectivity index is 1.35. The second kappa shape index (κ2) is 8.44. The summed E-state index contributed by atoms with van der Waals surface area (Å²) in [6.07, 6.45) is 3.36. The van der Waals surface area contributed by atoms with Gasteiger partial charge in [-0.05, 0) is 43.1 Å². The number of hydrogen-bond acceptors (Lipinski definition) is 3. The van der Waals surface area contributed by atoms with Gasteiger partial charge in [0.05, 0.1) is 12.6 Å². The maximum atomic E-state index is 12.5. The van der Waals surface area contributed by atoms with Crippen LogP contribution in [-0.2, 0) is 13.1 Å². The smallest absolute Gasteiger partial charge is 0.315 e. The molecule has 4 rings (SSSR count). The minimum atomic E-state index is -0.132. The molecule has 27 heavy (non-hydrogen) atoms. The third-order valence-corrected chi connectivity index (χ3v) is 5.41. The molecular formula is C22H27N3O2. The molecule has 1 atom stereocenters. The third kappa shape index (κ3) is 4.42. The summed E-state index contributed by atoms with van der Waals surface area (Å²) in [7, 11) is 0. The molecular weight excluding hydrogens is 338 g/mol. The Morgan fingerprint density at radius 2 is 1.78 bits per heavy atom. The van der Waals surface area contributed by atoms with Gasteiger partial charge in [0, 0.05) is 25.1 Å². The van der Waals surface area contributed by atoms with E-state index in [4.69, 9.17) is 4.74 Å². The van der Waals surface area contributed by atoms with Crippen LogP contribution in [0.3, 0.4) is 0 Å². The number of para-hydroxylation sites is 1. The molecule has 2 amide bonds. The van der Waals surface area contributed by atoms with Crippen LogP contribution in [0.5, 0.6) is 5.75 Å². The van der Waals surface area contributed by atoms with Crippen molar-refractivity contribution in [2.75, 3.05) is 19.7 Å². The van der Waals surface area contributed by atoms with E-state index in [1.165, 1.54) is 37.1 Å². The lowest BCUT2D eigenvalue weighted by Crippen LogP contribution is -2.39. The Hall–Kier alpha value is -2.53. The molecule has 0 aliphatic carbocycles. The first-order valence-electron chi connectivity index (χ1n) is 9.85. The lowest BCUT2D eigenvalue weighted by Gasteiger charge is -2.26. The summed E-state index contributed by atoms with van der Waals surface area (Å²) < 4.78 is 5.67. The second-order valence-electron chi connectivity index (χ2n) is 7.31. The number of hydrogen-bond donors (Lipinski definition) is 2. The quantitative estimate of drug-likeness (QED) is 0.851. The number of nitrogens with zero attached hydrogens (tertiary/aromatic N) is 1. The molecule has 2 aromatic carbocycles. The van der Waals surface area contributed by atoms with Crippen molar-refractivity contribution in [1.29, 1.82) is 0 Å². The van der Waals surface area contributed by atoms with Crippen LogP contribution in [0, 0.1) is 0 Å². The van der Waals surface area contributed by atoms with Gasteiger partial charge in [0.2, 0.25) is 0 Å². The molecule has 2 N–H and O–H groups in total. The van der Waals surface area contributed by atoms with Crippen LogP contribution in [0.1, 0.15) is 42.0 Å². The highest BCUT2D eigenvalue weighted by atomic mass is 16.5. The molecule has 5 nitrogen and oxygen atoms in total. The molecule has 1 saturated heterocycles. The van der Waals surface area contributed by atoms with E-state index >= 15 is 0 Å². The van der Waals surface area contributed by atoms with Gasteiger partial charge in [-0.1, -0.05) is 42.5 Å². The van der Waals surface area contributed by atoms with Crippen molar-refractivity contribution in [3.05, 3.63) is 65.2 Å². The average molecular weight is 365 g/mol. The number of fused-ring (bicyclic) bond motifs is 1. The van der Waals surface area contributed by atoms with Gasteiger partial charge in [-0.15, -0.1) is 0 Å². The van der Waals surface area contributed by atoms with Crippen LogP contribution in [0.25, 0.3) is 0 Å². The number of rotatable bonds is 5. The van der Waals surface area contributed by atoms with E-state index in [0.717, 1.165) is 24.3 Å². The fourth-order valence-corrected chi connectivity index (χ4v) is 3.94. The summed E-state index contributed by atoms with van der Waals surface area (Å²) in [6.45, 7) is 4.48. The Morgan fingerprint density at radius 1 is 1.04 bits per heavy atom. The lowest BCUT2D eigenvalue weighted by atomic mass is 10.0. The van der Waals surface area contributed by atoms with E-state index in [1.54, 1.807) is 0 Å². The van der Waals surface area contributed by atoms with E-state index in [9.17, 15) is 4.79 Å². The van der Waals surface area contributed by atoms with Gasteiger partial charge in [0.1, 0.15) is 5.75 Å². The van der Waals surface area contributed by atoms with Crippen LogP contribution in [0.15, 0.2) is 48.5 Å². The van der Waals surface area contributed by atoms with Crippen molar-refractivity contribution in [3.63, 3.8) is 0 Å². The Kier molecular flexibility index (Phi) is 5.58. The molecule has 142 valence electrons. The minimum Gasteiger partial charge on any atom is -0.493 e. The van der Waals surface area contributed by atoms with Crippen molar-refractivity contribution in [3.8, 4) is 5.75 Å². The molecule has 2 aromatic rings. The molecule has 2 heterocycles. The van der Waals surface area contributed by atoms with Crippen molar-refractivity contribution in [1.82, 2.24) is 15.5 Å². The molecule has 0 unspecified atom stereocenters. The van der Waals surface area contributed by atoms with Crippen LogP contribution in [0.4, 0.5) is 4.79 Å². The highest BCUT2D eigenvalue weighted by molar-refractivity contribution is 5.74. The van der Waals surface area contributed by atoms with Crippen LogP contribution in [0.2, 0.25) is 0 Å². The SMILES string of the molecule is O=C(NCc1ccccc1CN1CCCC1)N[C@H]1CCOc2ccccc21. The van der Waals surface area contributed by atoms with Crippen LogP contribution < -0.4 is 15.4 Å². The summed E-state index contributed by atoms with van der Waals surface area (Å²) >= 11 is 0. The Morgan fingerprint density at radius 3 is 2.63 bits per heavy atom. The van der Waals surface area contributed by atoms with Gasteiger partial charge >= 0.3 is 6.03 Å². The molecule has 2 aliphatic rings. The number of carbonyl (C=O) groups is 1. The predicted octanol–water partition coefficient (Wildman–Crippen LogP) is 3.61. The standard InChI is InChI=1S/C22H27N3O2/c26-22(24-20-11-14-27-21-10-4-3-9-19(20)21)23-15-17-7-1-2-8-18(17)16-25-12-5-6-13-25/h1-4,7-10,20H,5-6,11-16H2,(H2,23,24,26)/t20-/m0/s1.